The summed E-state index contributed by atoms with van der Waals surface area (Å²) in [6, 6.07) is 12.6. The third kappa shape index (κ3) is 4.12. The van der Waals surface area contributed by atoms with E-state index in [9.17, 15) is 18.4 Å². The maximum Gasteiger partial charge on any atom is 0.314 e. The SMILES string of the molecule is CC(=O)N1CC(C(=O)N(Cc2cn3ccc(-c4nnc(C(F)F)o4)cc3n2)c2ccccc2)C1. The van der Waals surface area contributed by atoms with Gasteiger partial charge in [0.05, 0.1) is 18.2 Å². The number of anilines is 1. The van der Waals surface area contributed by atoms with Crippen molar-refractivity contribution in [3.63, 3.8) is 0 Å². The first-order valence-electron chi connectivity index (χ1n) is 10.6. The van der Waals surface area contributed by atoms with Gasteiger partial charge in [0, 0.05) is 43.7 Å². The molecule has 1 saturated heterocycles. The number of hydrogen-bond acceptors (Lipinski definition) is 6. The Kier molecular flexibility index (Phi) is 5.52. The number of para-hydroxylation sites is 1. The maximum absolute atomic E-state index is 13.3. The Balaban J connectivity index is 1.40. The highest BCUT2D eigenvalue weighted by molar-refractivity contribution is 5.96. The number of alkyl halides is 2. The van der Waals surface area contributed by atoms with Gasteiger partial charge in [-0.25, -0.2) is 4.98 Å². The second-order valence-electron chi connectivity index (χ2n) is 8.04. The first kappa shape index (κ1) is 21.7. The first-order chi connectivity index (χ1) is 16.4. The Morgan fingerprint density at radius 2 is 1.94 bits per heavy atom. The van der Waals surface area contributed by atoms with Gasteiger partial charge in [-0.2, -0.15) is 8.78 Å². The van der Waals surface area contributed by atoms with Crippen molar-refractivity contribution in [1.29, 1.82) is 0 Å². The molecule has 1 aliphatic heterocycles. The van der Waals surface area contributed by atoms with Crippen LogP contribution in [-0.4, -0.2) is 49.4 Å². The molecule has 0 bridgehead atoms. The van der Waals surface area contributed by atoms with Crippen LogP contribution in [0.3, 0.4) is 0 Å². The average molecular weight is 466 g/mol. The largest absolute Gasteiger partial charge is 0.415 e. The highest BCUT2D eigenvalue weighted by atomic mass is 19.3. The lowest BCUT2D eigenvalue weighted by molar-refractivity contribution is -0.140. The van der Waals surface area contributed by atoms with E-state index >= 15 is 0 Å². The second kappa shape index (κ2) is 8.65. The van der Waals surface area contributed by atoms with Gasteiger partial charge in [-0.3, -0.25) is 9.59 Å². The average Bonchev–Trinajstić information content (AvgIpc) is 3.43. The molecule has 4 heterocycles. The van der Waals surface area contributed by atoms with Crippen LogP contribution < -0.4 is 4.90 Å². The Labute approximate surface area is 192 Å². The molecule has 4 aromatic rings. The maximum atomic E-state index is 13.3. The van der Waals surface area contributed by atoms with Crippen LogP contribution in [0.4, 0.5) is 14.5 Å². The third-order valence-corrected chi connectivity index (χ3v) is 5.71. The number of benzene rings is 1. The zero-order valence-electron chi connectivity index (χ0n) is 18.1. The van der Waals surface area contributed by atoms with Crippen LogP contribution in [0.25, 0.3) is 17.1 Å². The lowest BCUT2D eigenvalue weighted by Gasteiger charge is -2.40. The van der Waals surface area contributed by atoms with Crippen LogP contribution in [0.5, 0.6) is 0 Å². The number of hydrogen-bond donors (Lipinski definition) is 0. The molecule has 1 aromatic carbocycles. The van der Waals surface area contributed by atoms with E-state index in [-0.39, 0.29) is 30.2 Å². The quantitative estimate of drug-likeness (QED) is 0.433. The van der Waals surface area contributed by atoms with Gasteiger partial charge in [0.1, 0.15) is 5.65 Å². The topological polar surface area (TPSA) is 96.8 Å². The number of rotatable bonds is 6. The normalized spacial score (nSPS) is 13.9. The van der Waals surface area contributed by atoms with Crippen LogP contribution in [0, 0.1) is 5.92 Å². The minimum Gasteiger partial charge on any atom is -0.415 e. The molecule has 0 radical (unpaired) electrons. The van der Waals surface area contributed by atoms with Gasteiger partial charge in [0.25, 0.3) is 5.89 Å². The summed E-state index contributed by atoms with van der Waals surface area (Å²) in [7, 11) is 0. The molecular formula is C23H20F2N6O3. The number of fused-ring (bicyclic) bond motifs is 1. The van der Waals surface area contributed by atoms with Crippen LogP contribution in [0.2, 0.25) is 0 Å². The fourth-order valence-electron chi connectivity index (χ4n) is 3.86. The molecule has 0 saturated carbocycles. The van der Waals surface area contributed by atoms with Gasteiger partial charge in [-0.05, 0) is 24.3 Å². The Hall–Kier alpha value is -4.15. The van der Waals surface area contributed by atoms with Crippen LogP contribution in [-0.2, 0) is 16.1 Å². The number of likely N-dealkylation sites (tertiary alicyclic amines) is 1. The number of amides is 2. The van der Waals surface area contributed by atoms with Crippen molar-refractivity contribution in [3.8, 4) is 11.5 Å². The standard InChI is InChI=1S/C23H20F2N6O3/c1-14(32)30-10-16(11-30)23(33)31(18-5-3-2-4-6-18)13-17-12-29-8-7-15(9-19(29)26-17)21-27-28-22(34-21)20(24)25/h2-9,12,16,20H,10-11,13H2,1H3. The van der Waals surface area contributed by atoms with Crippen LogP contribution >= 0.6 is 0 Å². The van der Waals surface area contributed by atoms with Crippen molar-refractivity contribution in [1.82, 2.24) is 24.5 Å². The van der Waals surface area contributed by atoms with Crippen molar-refractivity contribution in [3.05, 3.63) is 66.4 Å². The molecule has 5 rings (SSSR count). The number of imidazole rings is 1. The molecule has 174 valence electrons. The van der Waals surface area contributed by atoms with E-state index in [0.717, 1.165) is 5.69 Å². The molecule has 0 aliphatic carbocycles. The summed E-state index contributed by atoms with van der Waals surface area (Å²) < 4.78 is 32.3. The molecule has 1 aliphatic rings. The predicted octanol–water partition coefficient (Wildman–Crippen LogP) is 3.33. The number of carbonyl (C=O) groups excluding carboxylic acids is 2. The van der Waals surface area contributed by atoms with Crippen molar-refractivity contribution in [2.75, 3.05) is 18.0 Å². The Morgan fingerprint density at radius 1 is 1.18 bits per heavy atom. The molecule has 34 heavy (non-hydrogen) atoms. The number of halogens is 2. The summed E-state index contributed by atoms with van der Waals surface area (Å²) >= 11 is 0. The molecule has 0 unspecified atom stereocenters. The lowest BCUT2D eigenvalue weighted by atomic mass is 9.98. The lowest BCUT2D eigenvalue weighted by Crippen LogP contribution is -2.56. The molecule has 9 nitrogen and oxygen atoms in total. The fraction of sp³-hybridized carbons (Fsp3) is 0.261. The van der Waals surface area contributed by atoms with Gasteiger partial charge in [0.2, 0.25) is 17.7 Å². The van der Waals surface area contributed by atoms with Gasteiger partial charge < -0.3 is 18.6 Å². The molecule has 0 atom stereocenters. The monoisotopic (exact) mass is 466 g/mol. The zero-order valence-corrected chi connectivity index (χ0v) is 18.1. The van der Waals surface area contributed by atoms with Gasteiger partial charge in [-0.1, -0.05) is 18.2 Å². The van der Waals surface area contributed by atoms with Crippen LogP contribution in [0.15, 0.2) is 59.3 Å². The molecule has 0 N–H and O–H groups in total. The van der Waals surface area contributed by atoms with E-state index in [1.165, 1.54) is 6.92 Å². The van der Waals surface area contributed by atoms with Gasteiger partial charge in [0.15, 0.2) is 0 Å². The highest BCUT2D eigenvalue weighted by Crippen LogP contribution is 2.26. The number of carbonyl (C=O) groups is 2. The first-order valence-corrected chi connectivity index (χ1v) is 10.6. The Bertz CT molecular complexity index is 1350. The van der Waals surface area contributed by atoms with E-state index in [0.29, 0.717) is 30.0 Å². The molecule has 0 spiro atoms. The molecule has 3 aromatic heterocycles. The fourth-order valence-corrected chi connectivity index (χ4v) is 3.86. The summed E-state index contributed by atoms with van der Waals surface area (Å²) in [5, 5.41) is 7.03. The molecule has 11 heteroatoms. The van der Waals surface area contributed by atoms with Crippen LogP contribution in [0.1, 0.15) is 24.9 Å². The van der Waals surface area contributed by atoms with E-state index in [2.05, 4.69) is 15.2 Å². The number of aromatic nitrogens is 4. The van der Waals surface area contributed by atoms with E-state index < -0.39 is 12.3 Å². The second-order valence-corrected chi connectivity index (χ2v) is 8.04. The number of pyridine rings is 1. The van der Waals surface area contributed by atoms with Gasteiger partial charge in [-0.15, -0.1) is 10.2 Å². The predicted molar refractivity (Wildman–Crippen MR) is 117 cm³/mol. The van der Waals surface area contributed by atoms with Crippen molar-refractivity contribution >= 4 is 23.1 Å². The highest BCUT2D eigenvalue weighted by Gasteiger charge is 2.37. The van der Waals surface area contributed by atoms with Gasteiger partial charge >= 0.3 is 6.43 Å². The van der Waals surface area contributed by atoms with Crippen molar-refractivity contribution in [2.45, 2.75) is 19.9 Å². The Morgan fingerprint density at radius 3 is 2.62 bits per heavy atom. The number of nitrogens with zero attached hydrogens (tertiary/aromatic N) is 6. The summed E-state index contributed by atoms with van der Waals surface area (Å²) in [5.41, 5.74) is 2.36. The molecular weight excluding hydrogens is 446 g/mol. The van der Waals surface area contributed by atoms with Crippen molar-refractivity contribution < 1.29 is 22.8 Å². The van der Waals surface area contributed by atoms with E-state index in [1.807, 2.05) is 30.3 Å². The summed E-state index contributed by atoms with van der Waals surface area (Å²) in [4.78, 5) is 32.7. The third-order valence-electron chi connectivity index (χ3n) is 5.71. The molecule has 1 fully saturated rings. The summed E-state index contributed by atoms with van der Waals surface area (Å²) in [6.07, 6.45) is 0.657. The molecule has 2 amide bonds. The van der Waals surface area contributed by atoms with Crippen molar-refractivity contribution in [2.24, 2.45) is 5.92 Å². The minimum atomic E-state index is -2.84. The summed E-state index contributed by atoms with van der Waals surface area (Å²) in [6.45, 7) is 2.52. The van der Waals surface area contributed by atoms with E-state index in [1.54, 1.807) is 38.7 Å². The minimum absolute atomic E-state index is 0.0246. The van der Waals surface area contributed by atoms with E-state index in [4.69, 9.17) is 4.42 Å². The smallest absolute Gasteiger partial charge is 0.314 e. The summed E-state index contributed by atoms with van der Waals surface area (Å²) in [5.74, 6) is -1.16. The zero-order chi connectivity index (χ0) is 23.8.